The molecule has 0 amide bonds. The van der Waals surface area contributed by atoms with Crippen LogP contribution in [0.2, 0.25) is 0 Å². The molecule has 2 heterocycles. The molecule has 4 nitrogen and oxygen atoms in total. The van der Waals surface area contributed by atoms with Crippen LogP contribution in [0.25, 0.3) is 32.6 Å². The van der Waals surface area contributed by atoms with Crippen LogP contribution in [0.3, 0.4) is 0 Å². The lowest BCUT2D eigenvalue weighted by atomic mass is 9.80. The molecule has 2 aromatic heterocycles. The zero-order valence-corrected chi connectivity index (χ0v) is 11.1. The Morgan fingerprint density at radius 2 is 1.43 bits per heavy atom. The second-order valence-electron chi connectivity index (χ2n) is 4.98. The van der Waals surface area contributed by atoms with Crippen molar-refractivity contribution in [3.63, 3.8) is 0 Å². The van der Waals surface area contributed by atoms with Crippen molar-refractivity contribution in [2.24, 2.45) is 0 Å². The normalized spacial score (nSPS) is 11.3. The van der Waals surface area contributed by atoms with E-state index in [1.807, 2.05) is 36.4 Å². The van der Waals surface area contributed by atoms with Crippen LogP contribution in [0.15, 0.2) is 54.9 Å². The number of nitrogens with zero attached hydrogens (tertiary/aromatic N) is 2. The highest BCUT2D eigenvalue weighted by molar-refractivity contribution is 6.59. The van der Waals surface area contributed by atoms with Gasteiger partial charge in [-0.3, -0.25) is 9.97 Å². The molecule has 2 aromatic carbocycles. The van der Waals surface area contributed by atoms with Gasteiger partial charge in [-0.2, -0.15) is 0 Å². The molecule has 2 N–H and O–H groups in total. The fourth-order valence-corrected chi connectivity index (χ4v) is 2.78. The summed E-state index contributed by atoms with van der Waals surface area (Å²) in [6.45, 7) is 0. The topological polar surface area (TPSA) is 66.2 Å². The van der Waals surface area contributed by atoms with Gasteiger partial charge in [-0.25, -0.2) is 0 Å². The van der Waals surface area contributed by atoms with Gasteiger partial charge in [0.1, 0.15) is 0 Å². The third-order valence-corrected chi connectivity index (χ3v) is 3.75. The summed E-state index contributed by atoms with van der Waals surface area (Å²) < 4.78 is 0. The molecule has 5 heteroatoms. The molecular weight excluding hydrogens is 263 g/mol. The summed E-state index contributed by atoms with van der Waals surface area (Å²) in [5.41, 5.74) is 1.97. The van der Waals surface area contributed by atoms with Crippen molar-refractivity contribution in [2.45, 2.75) is 0 Å². The van der Waals surface area contributed by atoms with E-state index in [0.717, 1.165) is 32.6 Å². The van der Waals surface area contributed by atoms with Gasteiger partial charge < -0.3 is 10.0 Å². The zero-order valence-electron chi connectivity index (χ0n) is 11.1. The first-order valence-corrected chi connectivity index (χ1v) is 6.67. The van der Waals surface area contributed by atoms with Crippen LogP contribution in [0.1, 0.15) is 0 Å². The van der Waals surface area contributed by atoms with Gasteiger partial charge >= 0.3 is 7.12 Å². The van der Waals surface area contributed by atoms with E-state index >= 15 is 0 Å². The molecule has 100 valence electrons. The van der Waals surface area contributed by atoms with E-state index in [1.165, 1.54) is 6.20 Å². The molecule has 0 unspecified atom stereocenters. The van der Waals surface area contributed by atoms with Gasteiger partial charge in [-0.1, -0.05) is 36.4 Å². The van der Waals surface area contributed by atoms with Gasteiger partial charge in [0, 0.05) is 28.6 Å². The summed E-state index contributed by atoms with van der Waals surface area (Å²) in [5, 5.41) is 22.8. The Bertz CT molecular complexity index is 950. The Balaban J connectivity index is 2.30. The number of hydrogen-bond donors (Lipinski definition) is 2. The van der Waals surface area contributed by atoms with E-state index in [2.05, 4.69) is 9.97 Å². The molecule has 0 aliphatic carbocycles. The highest BCUT2D eigenvalue weighted by atomic mass is 16.4. The maximum Gasteiger partial charge on any atom is 0.490 e. The molecule has 0 spiro atoms. The lowest BCUT2D eigenvalue weighted by Crippen LogP contribution is -2.30. The maximum atomic E-state index is 9.37. The average molecular weight is 274 g/mol. The molecule has 4 rings (SSSR count). The molecule has 0 atom stereocenters. The number of hydrogen-bond acceptors (Lipinski definition) is 4. The lowest BCUT2D eigenvalue weighted by Gasteiger charge is -2.09. The maximum absolute atomic E-state index is 9.37. The van der Waals surface area contributed by atoms with Crippen LogP contribution >= 0.6 is 0 Å². The van der Waals surface area contributed by atoms with Crippen LogP contribution in [0, 0.1) is 0 Å². The number of benzene rings is 2. The van der Waals surface area contributed by atoms with E-state index < -0.39 is 7.12 Å². The number of rotatable bonds is 1. The minimum Gasteiger partial charge on any atom is -0.423 e. The van der Waals surface area contributed by atoms with Crippen molar-refractivity contribution in [1.29, 1.82) is 0 Å². The average Bonchev–Trinajstić information content (AvgIpc) is 2.54. The van der Waals surface area contributed by atoms with Gasteiger partial charge in [0.2, 0.25) is 0 Å². The molecule has 0 fully saturated rings. The zero-order chi connectivity index (χ0) is 14.4. The van der Waals surface area contributed by atoms with Crippen molar-refractivity contribution < 1.29 is 10.0 Å². The minimum atomic E-state index is -1.53. The van der Waals surface area contributed by atoms with E-state index in [0.29, 0.717) is 5.46 Å². The van der Waals surface area contributed by atoms with Crippen molar-refractivity contribution in [1.82, 2.24) is 9.97 Å². The van der Waals surface area contributed by atoms with Crippen molar-refractivity contribution in [3.05, 3.63) is 54.9 Å². The first-order valence-electron chi connectivity index (χ1n) is 6.67. The number of aromatic nitrogens is 2. The van der Waals surface area contributed by atoms with Crippen LogP contribution in [0.5, 0.6) is 0 Å². The predicted octanol–water partition coefficient (Wildman–Crippen LogP) is 1.62. The van der Waals surface area contributed by atoms with Crippen LogP contribution < -0.4 is 5.46 Å². The smallest absolute Gasteiger partial charge is 0.423 e. The first-order chi connectivity index (χ1) is 10.3. The molecule has 4 aromatic rings. The summed E-state index contributed by atoms with van der Waals surface area (Å²) in [6.07, 6.45) is 3.23. The molecule has 0 aliphatic rings. The van der Waals surface area contributed by atoms with Crippen molar-refractivity contribution in [3.8, 4) is 0 Å². The Labute approximate surface area is 120 Å². The summed E-state index contributed by atoms with van der Waals surface area (Å²) in [5.74, 6) is 0. The molecule has 0 saturated carbocycles. The molecule has 0 aliphatic heterocycles. The predicted molar refractivity (Wildman–Crippen MR) is 84.4 cm³/mol. The lowest BCUT2D eigenvalue weighted by molar-refractivity contribution is 0.425. The molecular formula is C16H11BN2O2. The SMILES string of the molecule is OB(O)c1cnc2c(c1)c1ccccc1c1cccnc12. The van der Waals surface area contributed by atoms with E-state index in [4.69, 9.17) is 0 Å². The van der Waals surface area contributed by atoms with Gasteiger partial charge in [0.05, 0.1) is 11.0 Å². The van der Waals surface area contributed by atoms with Crippen LogP contribution in [-0.2, 0) is 0 Å². The Morgan fingerprint density at radius 1 is 0.762 bits per heavy atom. The van der Waals surface area contributed by atoms with Crippen LogP contribution in [-0.4, -0.2) is 27.1 Å². The molecule has 21 heavy (non-hydrogen) atoms. The van der Waals surface area contributed by atoms with Gasteiger partial charge in [0.25, 0.3) is 0 Å². The van der Waals surface area contributed by atoms with Crippen LogP contribution in [0.4, 0.5) is 0 Å². The standard InChI is InChI=1S/C16H11BN2O2/c20-17(21)10-8-14-12-5-2-1-4-11(12)13-6-3-7-18-15(13)16(14)19-9-10/h1-9,20-21H. The highest BCUT2D eigenvalue weighted by Gasteiger charge is 2.15. The second kappa shape index (κ2) is 4.51. The van der Waals surface area contributed by atoms with Crippen molar-refractivity contribution >= 4 is 45.2 Å². The van der Waals surface area contributed by atoms with E-state index in [1.54, 1.807) is 12.3 Å². The number of pyridine rings is 2. The Hall–Kier alpha value is -2.50. The third kappa shape index (κ3) is 1.79. The fraction of sp³-hybridized carbons (Fsp3) is 0. The Kier molecular flexibility index (Phi) is 2.64. The fourth-order valence-electron chi connectivity index (χ4n) is 2.78. The minimum absolute atomic E-state index is 0.378. The quantitative estimate of drug-likeness (QED) is 0.409. The second-order valence-corrected chi connectivity index (χ2v) is 4.98. The third-order valence-electron chi connectivity index (χ3n) is 3.75. The molecule has 0 radical (unpaired) electrons. The van der Waals surface area contributed by atoms with E-state index in [9.17, 15) is 10.0 Å². The highest BCUT2D eigenvalue weighted by Crippen LogP contribution is 2.31. The molecule has 0 bridgehead atoms. The first kappa shape index (κ1) is 12.3. The largest absolute Gasteiger partial charge is 0.490 e. The number of fused-ring (bicyclic) bond motifs is 6. The van der Waals surface area contributed by atoms with Gasteiger partial charge in [-0.05, 0) is 16.8 Å². The monoisotopic (exact) mass is 274 g/mol. The van der Waals surface area contributed by atoms with E-state index in [-0.39, 0.29) is 0 Å². The molecule has 0 saturated heterocycles. The Morgan fingerprint density at radius 3 is 2.19 bits per heavy atom. The summed E-state index contributed by atoms with van der Waals surface area (Å²) in [6, 6.07) is 13.7. The van der Waals surface area contributed by atoms with Gasteiger partial charge in [0.15, 0.2) is 0 Å². The summed E-state index contributed by atoms with van der Waals surface area (Å²) in [4.78, 5) is 8.84. The summed E-state index contributed by atoms with van der Waals surface area (Å²) >= 11 is 0. The summed E-state index contributed by atoms with van der Waals surface area (Å²) in [7, 11) is -1.53. The van der Waals surface area contributed by atoms with Gasteiger partial charge in [-0.15, -0.1) is 0 Å². The van der Waals surface area contributed by atoms with Crippen molar-refractivity contribution in [2.75, 3.05) is 0 Å².